The molecule has 1 saturated carbocycles. The summed E-state index contributed by atoms with van der Waals surface area (Å²) in [5.74, 6) is 1.85. The Kier molecular flexibility index (Phi) is 3.78. The van der Waals surface area contributed by atoms with Gasteiger partial charge < -0.3 is 5.73 Å². The van der Waals surface area contributed by atoms with Crippen LogP contribution in [0, 0.1) is 17.3 Å². The first-order chi connectivity index (χ1) is 6.07. The normalized spacial score (nSPS) is 35.3. The molecule has 0 radical (unpaired) electrons. The summed E-state index contributed by atoms with van der Waals surface area (Å²) in [4.78, 5) is 0. The molecule has 1 nitrogen and oxygen atoms in total. The summed E-state index contributed by atoms with van der Waals surface area (Å²) in [6.45, 7) is 7.99. The molecular formula is C12H25N. The molecule has 0 bridgehead atoms. The van der Waals surface area contributed by atoms with Crippen molar-refractivity contribution in [1.29, 1.82) is 0 Å². The molecule has 1 aliphatic rings. The Morgan fingerprint density at radius 3 is 2.23 bits per heavy atom. The molecule has 0 spiro atoms. The molecule has 0 aromatic rings. The number of hydrogen-bond donors (Lipinski definition) is 1. The van der Waals surface area contributed by atoms with Gasteiger partial charge in [0.15, 0.2) is 0 Å². The summed E-state index contributed by atoms with van der Waals surface area (Å²) in [6.07, 6.45) is 6.86. The van der Waals surface area contributed by atoms with Gasteiger partial charge in [-0.25, -0.2) is 0 Å². The van der Waals surface area contributed by atoms with Crippen LogP contribution in [0.5, 0.6) is 0 Å². The molecule has 0 aromatic heterocycles. The van der Waals surface area contributed by atoms with Crippen LogP contribution in [0.4, 0.5) is 0 Å². The van der Waals surface area contributed by atoms with Gasteiger partial charge in [0.1, 0.15) is 0 Å². The number of rotatable bonds is 3. The van der Waals surface area contributed by atoms with Crippen LogP contribution in [0.1, 0.15) is 52.9 Å². The second-order valence-corrected chi connectivity index (χ2v) is 5.43. The average Bonchev–Trinajstić information content (AvgIpc) is 2.05. The van der Waals surface area contributed by atoms with Crippen molar-refractivity contribution < 1.29 is 0 Å². The van der Waals surface area contributed by atoms with Gasteiger partial charge in [0.05, 0.1) is 0 Å². The molecule has 78 valence electrons. The van der Waals surface area contributed by atoms with Gasteiger partial charge in [0.25, 0.3) is 0 Å². The van der Waals surface area contributed by atoms with Gasteiger partial charge in [-0.1, -0.05) is 20.8 Å². The van der Waals surface area contributed by atoms with Gasteiger partial charge in [-0.15, -0.1) is 0 Å². The maximum atomic E-state index is 5.64. The van der Waals surface area contributed by atoms with E-state index in [4.69, 9.17) is 5.73 Å². The van der Waals surface area contributed by atoms with Gasteiger partial charge >= 0.3 is 0 Å². The Morgan fingerprint density at radius 1 is 1.31 bits per heavy atom. The first kappa shape index (κ1) is 11.0. The first-order valence-corrected chi connectivity index (χ1v) is 5.77. The van der Waals surface area contributed by atoms with Crippen molar-refractivity contribution in [3.05, 3.63) is 0 Å². The van der Waals surface area contributed by atoms with E-state index in [0.717, 1.165) is 18.4 Å². The van der Waals surface area contributed by atoms with Crippen LogP contribution in [0.3, 0.4) is 0 Å². The predicted octanol–water partition coefficient (Wildman–Crippen LogP) is 3.19. The zero-order valence-corrected chi connectivity index (χ0v) is 9.47. The smallest absolute Gasteiger partial charge is 0.00721 e. The van der Waals surface area contributed by atoms with Gasteiger partial charge in [-0.2, -0.15) is 0 Å². The topological polar surface area (TPSA) is 26.0 Å². The zero-order valence-electron chi connectivity index (χ0n) is 9.47. The summed E-state index contributed by atoms with van der Waals surface area (Å²) >= 11 is 0. The lowest BCUT2D eigenvalue weighted by Crippen LogP contribution is -2.28. The Hall–Kier alpha value is -0.0400. The van der Waals surface area contributed by atoms with E-state index in [1.807, 2.05) is 0 Å². The van der Waals surface area contributed by atoms with Crippen molar-refractivity contribution >= 4 is 0 Å². The molecule has 0 saturated heterocycles. The Balaban J connectivity index is 2.37. The quantitative estimate of drug-likeness (QED) is 0.714. The Morgan fingerprint density at radius 2 is 1.85 bits per heavy atom. The summed E-state index contributed by atoms with van der Waals surface area (Å²) in [6, 6.07) is 0. The van der Waals surface area contributed by atoms with E-state index in [1.165, 1.54) is 32.1 Å². The van der Waals surface area contributed by atoms with E-state index >= 15 is 0 Å². The molecule has 13 heavy (non-hydrogen) atoms. The van der Waals surface area contributed by atoms with Crippen LogP contribution in [-0.4, -0.2) is 6.54 Å². The molecule has 2 N–H and O–H groups in total. The minimum atomic E-state index is 0.570. The second-order valence-electron chi connectivity index (χ2n) is 5.43. The third kappa shape index (κ3) is 2.98. The van der Waals surface area contributed by atoms with Gasteiger partial charge in [0, 0.05) is 0 Å². The molecule has 1 fully saturated rings. The zero-order chi connectivity index (χ0) is 9.90. The van der Waals surface area contributed by atoms with E-state index in [-0.39, 0.29) is 0 Å². The lowest BCUT2D eigenvalue weighted by atomic mass is 9.67. The highest BCUT2D eigenvalue weighted by Gasteiger charge is 2.31. The molecule has 1 rings (SSSR count). The fraction of sp³-hybridized carbons (Fsp3) is 1.00. The molecule has 0 atom stereocenters. The number of hydrogen-bond acceptors (Lipinski definition) is 1. The highest BCUT2D eigenvalue weighted by atomic mass is 14.5. The van der Waals surface area contributed by atoms with Gasteiger partial charge in [-0.3, -0.25) is 0 Å². The lowest BCUT2D eigenvalue weighted by Gasteiger charge is -2.38. The molecule has 1 aliphatic carbocycles. The maximum Gasteiger partial charge on any atom is -0.00721 e. The Labute approximate surface area is 83.1 Å². The van der Waals surface area contributed by atoms with E-state index in [2.05, 4.69) is 20.8 Å². The van der Waals surface area contributed by atoms with Gasteiger partial charge in [0.2, 0.25) is 0 Å². The van der Waals surface area contributed by atoms with Crippen LogP contribution in [0.15, 0.2) is 0 Å². The van der Waals surface area contributed by atoms with E-state index in [1.54, 1.807) is 0 Å². The third-order valence-electron chi connectivity index (χ3n) is 3.93. The third-order valence-corrected chi connectivity index (χ3v) is 3.93. The summed E-state index contributed by atoms with van der Waals surface area (Å²) in [7, 11) is 0. The van der Waals surface area contributed by atoms with Crippen molar-refractivity contribution in [2.45, 2.75) is 52.9 Å². The highest BCUT2D eigenvalue weighted by molar-refractivity contribution is 4.83. The van der Waals surface area contributed by atoms with E-state index in [9.17, 15) is 0 Å². The molecule has 1 heteroatoms. The fourth-order valence-corrected chi connectivity index (χ4v) is 2.60. The van der Waals surface area contributed by atoms with Crippen LogP contribution in [0.25, 0.3) is 0 Å². The van der Waals surface area contributed by atoms with Crippen molar-refractivity contribution in [3.8, 4) is 0 Å². The maximum absolute atomic E-state index is 5.64. The molecular weight excluding hydrogens is 158 g/mol. The van der Waals surface area contributed by atoms with Crippen LogP contribution < -0.4 is 5.73 Å². The average molecular weight is 183 g/mol. The minimum absolute atomic E-state index is 0.570. The van der Waals surface area contributed by atoms with Crippen molar-refractivity contribution in [2.75, 3.05) is 6.54 Å². The van der Waals surface area contributed by atoms with Gasteiger partial charge in [-0.05, 0) is 55.9 Å². The largest absolute Gasteiger partial charge is 0.330 e. The van der Waals surface area contributed by atoms with E-state index in [0.29, 0.717) is 5.41 Å². The van der Waals surface area contributed by atoms with Crippen LogP contribution in [-0.2, 0) is 0 Å². The minimum Gasteiger partial charge on any atom is -0.330 e. The molecule has 0 unspecified atom stereocenters. The van der Waals surface area contributed by atoms with Crippen LogP contribution >= 0.6 is 0 Å². The molecule has 0 amide bonds. The van der Waals surface area contributed by atoms with Crippen molar-refractivity contribution in [3.63, 3.8) is 0 Å². The first-order valence-electron chi connectivity index (χ1n) is 5.77. The molecule has 0 aliphatic heterocycles. The predicted molar refractivity (Wildman–Crippen MR) is 58.6 cm³/mol. The molecule has 0 aromatic carbocycles. The van der Waals surface area contributed by atoms with Crippen molar-refractivity contribution in [2.24, 2.45) is 23.0 Å². The molecule has 0 heterocycles. The van der Waals surface area contributed by atoms with Crippen molar-refractivity contribution in [1.82, 2.24) is 0 Å². The SMILES string of the molecule is CC(C)C1CCC(C)(CCN)CC1. The summed E-state index contributed by atoms with van der Waals surface area (Å²) in [5, 5.41) is 0. The van der Waals surface area contributed by atoms with E-state index < -0.39 is 0 Å². The summed E-state index contributed by atoms with van der Waals surface area (Å²) < 4.78 is 0. The van der Waals surface area contributed by atoms with Crippen LogP contribution in [0.2, 0.25) is 0 Å². The standard InChI is InChI=1S/C12H25N/c1-10(2)11-4-6-12(3,7-5-11)8-9-13/h10-11H,4-9,13H2,1-3H3. The number of nitrogens with two attached hydrogens (primary N) is 1. The fourth-order valence-electron chi connectivity index (χ4n) is 2.60. The summed E-state index contributed by atoms with van der Waals surface area (Å²) in [5.41, 5.74) is 6.21. The lowest BCUT2D eigenvalue weighted by molar-refractivity contribution is 0.136. The highest BCUT2D eigenvalue weighted by Crippen LogP contribution is 2.42. The Bertz CT molecular complexity index is 143. The second kappa shape index (κ2) is 4.45. The monoisotopic (exact) mass is 183 g/mol.